The molecule has 1 rings (SSSR count). The Labute approximate surface area is 192 Å². The first kappa shape index (κ1) is 27.3. The summed E-state index contributed by atoms with van der Waals surface area (Å²) in [5, 5.41) is 10.6. The van der Waals surface area contributed by atoms with Gasteiger partial charge in [0.2, 0.25) is 0 Å². The number of carbonyl (C=O) groups excluding carboxylic acids is 2. The maximum Gasteiger partial charge on any atom is 0.305 e. The Morgan fingerprint density at radius 1 is 1.30 bits per heavy atom. The molecule has 0 aliphatic heterocycles. The summed E-state index contributed by atoms with van der Waals surface area (Å²) in [4.78, 5) is 23.9. The van der Waals surface area contributed by atoms with E-state index >= 15 is 0 Å². The summed E-state index contributed by atoms with van der Waals surface area (Å²) >= 11 is 6.16. The first-order chi connectivity index (χ1) is 14.5. The van der Waals surface area contributed by atoms with Crippen molar-refractivity contribution in [2.45, 2.75) is 82.5 Å². The van der Waals surface area contributed by atoms with Crippen molar-refractivity contribution in [3.63, 3.8) is 0 Å². The lowest BCUT2D eigenvalue weighted by Crippen LogP contribution is -2.18. The molecule has 1 aliphatic rings. The van der Waals surface area contributed by atoms with Crippen LogP contribution in [0.15, 0.2) is 24.3 Å². The number of ether oxygens (including phenoxy) is 1. The van der Waals surface area contributed by atoms with Gasteiger partial charge < -0.3 is 9.84 Å². The SMILES string of the molecule is CCCCC[C@H](O)/C=C/[C@H]1C(SCCCS)CC(=O)[C@@H]1C/C=C\CCCC(=O)OC. The van der Waals surface area contributed by atoms with Gasteiger partial charge in [-0.2, -0.15) is 24.4 Å². The Morgan fingerprint density at radius 3 is 2.80 bits per heavy atom. The number of Topliss-reactive ketones (excluding diaryl/α,β-unsaturated/α-hetero) is 1. The topological polar surface area (TPSA) is 63.6 Å². The average molecular weight is 457 g/mol. The van der Waals surface area contributed by atoms with Crippen LogP contribution in [-0.2, 0) is 14.3 Å². The number of carbonyl (C=O) groups is 2. The van der Waals surface area contributed by atoms with Crippen molar-refractivity contribution in [2.75, 3.05) is 18.6 Å². The molecule has 1 fully saturated rings. The third-order valence-electron chi connectivity index (χ3n) is 5.54. The Morgan fingerprint density at radius 2 is 2.10 bits per heavy atom. The van der Waals surface area contributed by atoms with E-state index < -0.39 is 6.10 Å². The molecule has 0 amide bonds. The van der Waals surface area contributed by atoms with Crippen molar-refractivity contribution < 1.29 is 19.4 Å². The Kier molecular flexibility index (Phi) is 15.4. The van der Waals surface area contributed by atoms with Crippen molar-refractivity contribution in [3.05, 3.63) is 24.3 Å². The molecule has 1 aliphatic carbocycles. The number of aliphatic hydroxyl groups is 1. The molecule has 0 heterocycles. The molecule has 0 aromatic carbocycles. The summed E-state index contributed by atoms with van der Waals surface area (Å²) in [6.45, 7) is 2.16. The molecule has 0 aromatic rings. The summed E-state index contributed by atoms with van der Waals surface area (Å²) in [6, 6.07) is 0. The van der Waals surface area contributed by atoms with Crippen LogP contribution in [0.2, 0.25) is 0 Å². The second-order valence-electron chi connectivity index (χ2n) is 7.96. The highest BCUT2D eigenvalue weighted by Gasteiger charge is 2.40. The number of allylic oxidation sites excluding steroid dienone is 3. The van der Waals surface area contributed by atoms with Gasteiger partial charge in [-0.1, -0.05) is 50.5 Å². The van der Waals surface area contributed by atoms with Crippen LogP contribution < -0.4 is 0 Å². The van der Waals surface area contributed by atoms with Crippen molar-refractivity contribution >= 4 is 36.1 Å². The smallest absolute Gasteiger partial charge is 0.305 e. The molecule has 0 bridgehead atoms. The van der Waals surface area contributed by atoms with Gasteiger partial charge in [-0.15, -0.1) is 0 Å². The normalized spacial score (nSPS) is 22.9. The van der Waals surface area contributed by atoms with Gasteiger partial charge in [-0.05, 0) is 49.5 Å². The van der Waals surface area contributed by atoms with Gasteiger partial charge in [0, 0.05) is 24.0 Å². The monoisotopic (exact) mass is 456 g/mol. The van der Waals surface area contributed by atoms with Crippen molar-refractivity contribution in [1.82, 2.24) is 0 Å². The number of thioether (sulfide) groups is 1. The fraction of sp³-hybridized carbons (Fsp3) is 0.750. The molecular weight excluding hydrogens is 416 g/mol. The number of thiol groups is 1. The average Bonchev–Trinajstić information content (AvgIpc) is 3.03. The van der Waals surface area contributed by atoms with E-state index in [1.165, 1.54) is 7.11 Å². The van der Waals surface area contributed by atoms with Crippen LogP contribution >= 0.6 is 24.4 Å². The molecule has 0 aromatic heterocycles. The summed E-state index contributed by atoms with van der Waals surface area (Å²) in [6.07, 6.45) is 16.2. The molecule has 6 heteroatoms. The largest absolute Gasteiger partial charge is 0.469 e. The maximum absolute atomic E-state index is 12.7. The van der Waals surface area contributed by atoms with Crippen LogP contribution in [0.4, 0.5) is 0 Å². The molecular formula is C24H40O4S2. The fourth-order valence-corrected chi connectivity index (χ4v) is 5.53. The first-order valence-electron chi connectivity index (χ1n) is 11.4. The van der Waals surface area contributed by atoms with Crippen molar-refractivity contribution in [1.29, 1.82) is 0 Å². The summed E-state index contributed by atoms with van der Waals surface area (Å²) in [5.41, 5.74) is 0. The zero-order valence-electron chi connectivity index (χ0n) is 18.6. The Bertz CT molecular complexity index is 547. The Hall–Kier alpha value is -0.720. The van der Waals surface area contributed by atoms with Gasteiger partial charge in [-0.3, -0.25) is 9.59 Å². The van der Waals surface area contributed by atoms with E-state index in [1.807, 2.05) is 17.8 Å². The second-order valence-corrected chi connectivity index (χ2v) is 9.76. The van der Waals surface area contributed by atoms with Gasteiger partial charge >= 0.3 is 5.97 Å². The van der Waals surface area contributed by atoms with Gasteiger partial charge in [-0.25, -0.2) is 0 Å². The van der Waals surface area contributed by atoms with E-state index in [-0.39, 0.29) is 23.1 Å². The number of unbranched alkanes of at least 4 members (excludes halogenated alkanes) is 3. The number of esters is 1. The summed E-state index contributed by atoms with van der Waals surface area (Å²) < 4.78 is 4.65. The van der Waals surface area contributed by atoms with Gasteiger partial charge in [0.1, 0.15) is 5.78 Å². The minimum absolute atomic E-state index is 0.0190. The van der Waals surface area contributed by atoms with Crippen LogP contribution in [-0.4, -0.2) is 46.8 Å². The van der Waals surface area contributed by atoms with Gasteiger partial charge in [0.15, 0.2) is 0 Å². The van der Waals surface area contributed by atoms with Crippen molar-refractivity contribution in [2.24, 2.45) is 11.8 Å². The van der Waals surface area contributed by atoms with Crippen LogP contribution in [0.5, 0.6) is 0 Å². The third kappa shape index (κ3) is 11.1. The summed E-state index contributed by atoms with van der Waals surface area (Å²) in [7, 11) is 1.41. The quantitative estimate of drug-likeness (QED) is 0.141. The molecule has 0 spiro atoms. The number of methoxy groups -OCH3 is 1. The highest BCUT2D eigenvalue weighted by molar-refractivity contribution is 8.00. The fourth-order valence-electron chi connectivity index (χ4n) is 3.76. The minimum Gasteiger partial charge on any atom is -0.469 e. The number of rotatable bonds is 16. The molecule has 1 unspecified atom stereocenters. The van der Waals surface area contributed by atoms with Crippen molar-refractivity contribution in [3.8, 4) is 0 Å². The van der Waals surface area contributed by atoms with E-state index in [0.717, 1.165) is 62.9 Å². The first-order valence-corrected chi connectivity index (χ1v) is 13.0. The van der Waals surface area contributed by atoms with Crippen LogP contribution in [0.1, 0.15) is 71.1 Å². The highest BCUT2D eigenvalue weighted by Crippen LogP contribution is 2.40. The lowest BCUT2D eigenvalue weighted by molar-refractivity contribution is -0.140. The Balaban J connectivity index is 2.65. The predicted molar refractivity (Wildman–Crippen MR) is 130 cm³/mol. The predicted octanol–water partition coefficient (Wildman–Crippen LogP) is 5.40. The molecule has 0 radical (unpaired) electrons. The van der Waals surface area contributed by atoms with Crippen LogP contribution in [0, 0.1) is 11.8 Å². The molecule has 30 heavy (non-hydrogen) atoms. The number of hydrogen-bond acceptors (Lipinski definition) is 6. The molecule has 172 valence electrons. The number of ketones is 1. The lowest BCUT2D eigenvalue weighted by atomic mass is 9.91. The maximum atomic E-state index is 12.7. The van der Waals surface area contributed by atoms with Crippen LogP contribution in [0.25, 0.3) is 0 Å². The lowest BCUT2D eigenvalue weighted by Gasteiger charge is -2.20. The molecule has 1 saturated carbocycles. The van der Waals surface area contributed by atoms with E-state index in [2.05, 4.69) is 42.5 Å². The standard InChI is InChI=1S/C24H40O4S2/c1-3-4-7-11-19(25)14-15-21-20(12-8-5-6-9-13-24(27)28-2)22(26)18-23(21)30-17-10-16-29/h5,8,14-15,19-21,23,25,29H,3-4,6-7,9-13,16-18H2,1-2H3/b8-5-,15-14+/t19-,20+,21+,23?/m0/s1. The van der Waals surface area contributed by atoms with Gasteiger partial charge in [0.05, 0.1) is 13.2 Å². The zero-order valence-corrected chi connectivity index (χ0v) is 20.3. The summed E-state index contributed by atoms with van der Waals surface area (Å²) in [5.74, 6) is 2.17. The number of hydrogen-bond donors (Lipinski definition) is 2. The highest BCUT2D eigenvalue weighted by atomic mass is 32.2. The zero-order chi connectivity index (χ0) is 22.2. The van der Waals surface area contributed by atoms with Crippen LogP contribution in [0.3, 0.4) is 0 Å². The molecule has 1 N–H and O–H groups in total. The molecule has 4 nitrogen and oxygen atoms in total. The third-order valence-corrected chi connectivity index (χ3v) is 7.29. The molecule has 4 atom stereocenters. The van der Waals surface area contributed by atoms with E-state index in [0.29, 0.717) is 18.6 Å². The van der Waals surface area contributed by atoms with E-state index in [4.69, 9.17) is 0 Å². The minimum atomic E-state index is -0.426. The van der Waals surface area contributed by atoms with Gasteiger partial charge in [0.25, 0.3) is 0 Å². The second kappa shape index (κ2) is 16.9. The van der Waals surface area contributed by atoms with E-state index in [9.17, 15) is 14.7 Å². The van der Waals surface area contributed by atoms with E-state index in [1.54, 1.807) is 0 Å². The number of aliphatic hydroxyl groups excluding tert-OH is 1. The molecule has 0 saturated heterocycles.